The van der Waals surface area contributed by atoms with Gasteiger partial charge in [0.05, 0.1) is 6.10 Å². The van der Waals surface area contributed by atoms with Gasteiger partial charge < -0.3 is 10.8 Å². The fraction of sp³-hybridized carbons (Fsp3) is 1.00. The van der Waals surface area contributed by atoms with E-state index in [-0.39, 0.29) is 12.1 Å². The molecule has 0 aromatic rings. The van der Waals surface area contributed by atoms with Gasteiger partial charge in [0.1, 0.15) is 0 Å². The molecule has 1 rings (SSSR count). The summed E-state index contributed by atoms with van der Waals surface area (Å²) in [6.07, 6.45) is 3.08. The summed E-state index contributed by atoms with van der Waals surface area (Å²) in [5.41, 5.74) is 5.74. The second-order valence-electron chi connectivity index (χ2n) is 3.76. The summed E-state index contributed by atoms with van der Waals surface area (Å²) < 4.78 is 0. The van der Waals surface area contributed by atoms with Gasteiger partial charge in [0.15, 0.2) is 0 Å². The lowest BCUT2D eigenvalue weighted by atomic mass is 9.75. The number of hydrogen-bond donors (Lipinski definition) is 2. The minimum Gasteiger partial charge on any atom is -0.391 e. The molecule has 0 aromatic heterocycles. The Morgan fingerprint density at radius 3 is 2.64 bits per heavy atom. The Morgan fingerprint density at radius 1 is 1.45 bits per heavy atom. The molecule has 1 saturated carbocycles. The van der Waals surface area contributed by atoms with Gasteiger partial charge in [-0.1, -0.05) is 20.3 Å². The monoisotopic (exact) mass is 157 g/mol. The molecule has 2 heteroatoms. The van der Waals surface area contributed by atoms with Crippen LogP contribution < -0.4 is 5.73 Å². The molecular formula is C9H19NO. The Morgan fingerprint density at radius 2 is 2.09 bits per heavy atom. The Balaban J connectivity index is 2.52. The predicted molar refractivity (Wildman–Crippen MR) is 46.2 cm³/mol. The van der Waals surface area contributed by atoms with Gasteiger partial charge in [-0.05, 0) is 24.7 Å². The first kappa shape index (κ1) is 9.01. The molecule has 0 saturated heterocycles. The minimum absolute atomic E-state index is 0.0211. The Bertz CT molecular complexity index is 125. The second kappa shape index (κ2) is 3.55. The first-order valence-electron chi connectivity index (χ1n) is 4.60. The number of nitrogens with two attached hydrogens (primary N) is 1. The zero-order chi connectivity index (χ0) is 8.43. The van der Waals surface area contributed by atoms with Crippen molar-refractivity contribution in [1.82, 2.24) is 0 Å². The first-order valence-corrected chi connectivity index (χ1v) is 4.60. The van der Waals surface area contributed by atoms with Crippen LogP contribution in [0.15, 0.2) is 0 Å². The SMILES string of the molecule is CCC1CCC(N)C(O)C1C. The van der Waals surface area contributed by atoms with Gasteiger partial charge in [0, 0.05) is 6.04 Å². The molecule has 0 aliphatic heterocycles. The van der Waals surface area contributed by atoms with Gasteiger partial charge in [-0.2, -0.15) is 0 Å². The molecule has 1 aliphatic carbocycles. The molecule has 66 valence electrons. The molecule has 4 unspecified atom stereocenters. The van der Waals surface area contributed by atoms with E-state index in [1.807, 2.05) is 0 Å². The summed E-state index contributed by atoms with van der Waals surface area (Å²) in [6.45, 7) is 4.29. The van der Waals surface area contributed by atoms with Crippen LogP contribution in [0.5, 0.6) is 0 Å². The number of aliphatic hydroxyl groups excluding tert-OH is 1. The van der Waals surface area contributed by atoms with Crippen molar-refractivity contribution in [2.24, 2.45) is 17.6 Å². The van der Waals surface area contributed by atoms with Gasteiger partial charge in [-0.15, -0.1) is 0 Å². The number of aliphatic hydroxyl groups is 1. The van der Waals surface area contributed by atoms with Crippen molar-refractivity contribution in [3.8, 4) is 0 Å². The summed E-state index contributed by atoms with van der Waals surface area (Å²) in [7, 11) is 0. The largest absolute Gasteiger partial charge is 0.391 e. The fourth-order valence-electron chi connectivity index (χ4n) is 2.08. The Kier molecular flexibility index (Phi) is 2.90. The third-order valence-corrected chi connectivity index (χ3v) is 3.12. The summed E-state index contributed by atoms with van der Waals surface area (Å²) >= 11 is 0. The highest BCUT2D eigenvalue weighted by Crippen LogP contribution is 2.31. The highest BCUT2D eigenvalue weighted by atomic mass is 16.3. The molecular weight excluding hydrogens is 138 g/mol. The lowest BCUT2D eigenvalue weighted by Gasteiger charge is -2.36. The molecule has 1 aliphatic rings. The van der Waals surface area contributed by atoms with Gasteiger partial charge in [0.2, 0.25) is 0 Å². The van der Waals surface area contributed by atoms with Crippen LogP contribution in [0, 0.1) is 11.8 Å². The number of rotatable bonds is 1. The molecule has 1 fully saturated rings. The van der Waals surface area contributed by atoms with Crippen LogP contribution in [0.4, 0.5) is 0 Å². The van der Waals surface area contributed by atoms with E-state index in [1.165, 1.54) is 12.8 Å². The summed E-state index contributed by atoms with van der Waals surface area (Å²) in [5.74, 6) is 1.08. The quantitative estimate of drug-likeness (QED) is 0.599. The third-order valence-electron chi connectivity index (χ3n) is 3.12. The van der Waals surface area contributed by atoms with E-state index in [9.17, 15) is 5.11 Å². The van der Waals surface area contributed by atoms with E-state index in [0.29, 0.717) is 11.8 Å². The third kappa shape index (κ3) is 1.74. The maximum atomic E-state index is 9.62. The fourth-order valence-corrected chi connectivity index (χ4v) is 2.08. The van der Waals surface area contributed by atoms with E-state index in [0.717, 1.165) is 6.42 Å². The van der Waals surface area contributed by atoms with Crippen LogP contribution in [-0.4, -0.2) is 17.3 Å². The van der Waals surface area contributed by atoms with Crippen LogP contribution >= 0.6 is 0 Å². The van der Waals surface area contributed by atoms with Gasteiger partial charge in [-0.25, -0.2) is 0 Å². The van der Waals surface area contributed by atoms with Crippen LogP contribution in [0.25, 0.3) is 0 Å². The van der Waals surface area contributed by atoms with E-state index in [1.54, 1.807) is 0 Å². The summed E-state index contributed by atoms with van der Waals surface area (Å²) in [6, 6.07) is 0.0211. The van der Waals surface area contributed by atoms with Crippen molar-refractivity contribution in [3.05, 3.63) is 0 Å². The summed E-state index contributed by atoms with van der Waals surface area (Å²) in [4.78, 5) is 0. The molecule has 0 heterocycles. The molecule has 3 N–H and O–H groups in total. The second-order valence-corrected chi connectivity index (χ2v) is 3.76. The molecule has 11 heavy (non-hydrogen) atoms. The van der Waals surface area contributed by atoms with Crippen LogP contribution in [0.1, 0.15) is 33.1 Å². The van der Waals surface area contributed by atoms with E-state index >= 15 is 0 Å². The van der Waals surface area contributed by atoms with Crippen molar-refractivity contribution < 1.29 is 5.11 Å². The normalized spacial score (nSPS) is 45.8. The van der Waals surface area contributed by atoms with E-state index in [4.69, 9.17) is 5.73 Å². The zero-order valence-corrected chi connectivity index (χ0v) is 7.46. The average Bonchev–Trinajstić information content (AvgIpc) is 2.01. The molecule has 0 amide bonds. The first-order chi connectivity index (χ1) is 5.16. The van der Waals surface area contributed by atoms with Crippen molar-refractivity contribution in [3.63, 3.8) is 0 Å². The van der Waals surface area contributed by atoms with Crippen molar-refractivity contribution in [2.75, 3.05) is 0 Å². The zero-order valence-electron chi connectivity index (χ0n) is 7.46. The standard InChI is InChI=1S/C9H19NO/c1-3-7-4-5-8(10)9(11)6(7)2/h6-9,11H,3-5,10H2,1-2H3. The average molecular weight is 157 g/mol. The highest BCUT2D eigenvalue weighted by Gasteiger charge is 2.32. The molecule has 2 nitrogen and oxygen atoms in total. The van der Waals surface area contributed by atoms with E-state index < -0.39 is 0 Å². The highest BCUT2D eigenvalue weighted by molar-refractivity contribution is 4.86. The molecule has 0 bridgehead atoms. The van der Waals surface area contributed by atoms with E-state index in [2.05, 4.69) is 13.8 Å². The number of hydrogen-bond acceptors (Lipinski definition) is 2. The van der Waals surface area contributed by atoms with Crippen molar-refractivity contribution in [2.45, 2.75) is 45.3 Å². The van der Waals surface area contributed by atoms with Gasteiger partial charge in [-0.3, -0.25) is 0 Å². The maximum Gasteiger partial charge on any atom is 0.0719 e. The minimum atomic E-state index is -0.270. The lowest BCUT2D eigenvalue weighted by molar-refractivity contribution is 0.0243. The van der Waals surface area contributed by atoms with Crippen molar-refractivity contribution in [1.29, 1.82) is 0 Å². The Hall–Kier alpha value is -0.0800. The maximum absolute atomic E-state index is 9.62. The topological polar surface area (TPSA) is 46.2 Å². The van der Waals surface area contributed by atoms with Crippen LogP contribution in [-0.2, 0) is 0 Å². The molecule has 4 atom stereocenters. The Labute approximate surface area is 68.8 Å². The molecule has 0 aromatic carbocycles. The predicted octanol–water partition coefficient (Wildman–Crippen LogP) is 1.13. The lowest BCUT2D eigenvalue weighted by Crippen LogP contribution is -2.45. The van der Waals surface area contributed by atoms with Gasteiger partial charge >= 0.3 is 0 Å². The molecule has 0 spiro atoms. The molecule has 0 radical (unpaired) electrons. The van der Waals surface area contributed by atoms with Crippen LogP contribution in [0.2, 0.25) is 0 Å². The van der Waals surface area contributed by atoms with Gasteiger partial charge in [0.25, 0.3) is 0 Å². The smallest absolute Gasteiger partial charge is 0.0719 e. The van der Waals surface area contributed by atoms with Crippen molar-refractivity contribution >= 4 is 0 Å². The summed E-state index contributed by atoms with van der Waals surface area (Å²) in [5, 5.41) is 9.62. The van der Waals surface area contributed by atoms with Crippen LogP contribution in [0.3, 0.4) is 0 Å².